The fourth-order valence-electron chi connectivity index (χ4n) is 0.763. The lowest BCUT2D eigenvalue weighted by molar-refractivity contribution is 0.322. The van der Waals surface area contributed by atoms with E-state index in [0.29, 0.717) is 0 Å². The Hall–Kier alpha value is -0.510. The third kappa shape index (κ3) is 1.16. The monoisotopic (exact) mass is 156 g/mol. The van der Waals surface area contributed by atoms with Gasteiger partial charge in [-0.15, -0.1) is 6.42 Å². The first kappa shape index (κ1) is 7.60. The van der Waals surface area contributed by atoms with Crippen molar-refractivity contribution in [3.63, 3.8) is 0 Å². The number of hydrogen-bond acceptors (Lipinski definition) is 2. The Morgan fingerprint density at radius 1 is 1.90 bits per heavy atom. The third-order valence-corrected chi connectivity index (χ3v) is 3.57. The van der Waals surface area contributed by atoms with Crippen molar-refractivity contribution in [1.29, 1.82) is 0 Å². The second-order valence-electron chi connectivity index (χ2n) is 2.35. The molecular weight excluding hydrogens is 147 g/mol. The van der Waals surface area contributed by atoms with Crippen molar-refractivity contribution < 1.29 is 9.09 Å². The first-order chi connectivity index (χ1) is 4.56. The molecule has 2 nitrogen and oxygen atoms in total. The molecule has 1 heterocycles. The van der Waals surface area contributed by atoms with Gasteiger partial charge in [-0.1, -0.05) is 5.92 Å². The second kappa shape index (κ2) is 2.27. The van der Waals surface area contributed by atoms with Crippen LogP contribution in [-0.4, -0.2) is 12.8 Å². The molecule has 0 spiro atoms. The fraction of sp³-hybridized carbons (Fsp3) is 0.429. The first-order valence-electron chi connectivity index (χ1n) is 2.97. The van der Waals surface area contributed by atoms with E-state index in [9.17, 15) is 4.57 Å². The molecule has 2 unspecified atom stereocenters. The highest BCUT2D eigenvalue weighted by Gasteiger charge is 2.28. The van der Waals surface area contributed by atoms with Gasteiger partial charge in [0.1, 0.15) is 6.10 Å². The zero-order chi connectivity index (χ0) is 7.78. The molecule has 0 N–H and O–H groups in total. The van der Waals surface area contributed by atoms with E-state index >= 15 is 0 Å². The van der Waals surface area contributed by atoms with Crippen LogP contribution in [0.4, 0.5) is 0 Å². The van der Waals surface area contributed by atoms with Crippen molar-refractivity contribution in [3.8, 4) is 12.3 Å². The summed E-state index contributed by atoms with van der Waals surface area (Å²) in [4.78, 5) is 0. The summed E-state index contributed by atoms with van der Waals surface area (Å²) >= 11 is 0. The number of allylic oxidation sites excluding steroid dienone is 1. The average molecular weight is 156 g/mol. The van der Waals surface area contributed by atoms with Crippen molar-refractivity contribution >= 4 is 7.37 Å². The lowest BCUT2D eigenvalue weighted by Crippen LogP contribution is -1.96. The first-order valence-corrected chi connectivity index (χ1v) is 5.04. The standard InChI is InChI=1S/C7H9O2P/c1-4-7-5-6(2)10(3,8)9-7/h1,5,7H,2-3H3. The van der Waals surface area contributed by atoms with Crippen molar-refractivity contribution in [2.45, 2.75) is 13.0 Å². The van der Waals surface area contributed by atoms with E-state index in [2.05, 4.69) is 5.92 Å². The van der Waals surface area contributed by atoms with Crippen LogP contribution in [0.1, 0.15) is 6.92 Å². The van der Waals surface area contributed by atoms with Gasteiger partial charge in [0.05, 0.1) is 0 Å². The Morgan fingerprint density at radius 2 is 2.50 bits per heavy atom. The zero-order valence-corrected chi connectivity index (χ0v) is 6.89. The minimum Gasteiger partial charge on any atom is -0.305 e. The highest BCUT2D eigenvalue weighted by molar-refractivity contribution is 7.62. The van der Waals surface area contributed by atoms with E-state index in [4.69, 9.17) is 10.9 Å². The number of hydrogen-bond donors (Lipinski definition) is 0. The van der Waals surface area contributed by atoms with Gasteiger partial charge in [0.25, 0.3) is 0 Å². The maximum absolute atomic E-state index is 11.3. The number of terminal acetylenes is 1. The molecule has 2 atom stereocenters. The lowest BCUT2D eigenvalue weighted by Gasteiger charge is -2.06. The van der Waals surface area contributed by atoms with E-state index in [-0.39, 0.29) is 6.10 Å². The van der Waals surface area contributed by atoms with Crippen LogP contribution in [0.5, 0.6) is 0 Å². The topological polar surface area (TPSA) is 26.3 Å². The van der Waals surface area contributed by atoms with Crippen LogP contribution in [0.2, 0.25) is 0 Å². The second-order valence-corrected chi connectivity index (χ2v) is 4.95. The predicted octanol–water partition coefficient (Wildman–Crippen LogP) is 1.83. The summed E-state index contributed by atoms with van der Waals surface area (Å²) in [5.41, 5.74) is 0. The van der Waals surface area contributed by atoms with E-state index in [1.54, 1.807) is 19.7 Å². The molecule has 0 aromatic rings. The van der Waals surface area contributed by atoms with Gasteiger partial charge in [-0.05, 0) is 13.0 Å². The Kier molecular flexibility index (Phi) is 1.72. The highest BCUT2D eigenvalue weighted by atomic mass is 31.2. The summed E-state index contributed by atoms with van der Waals surface area (Å²) in [7, 11) is -2.49. The average Bonchev–Trinajstić information content (AvgIpc) is 2.08. The summed E-state index contributed by atoms with van der Waals surface area (Å²) in [6, 6.07) is 0. The van der Waals surface area contributed by atoms with Crippen molar-refractivity contribution in [1.82, 2.24) is 0 Å². The Balaban J connectivity index is 2.91. The van der Waals surface area contributed by atoms with Crippen LogP contribution in [0.3, 0.4) is 0 Å². The van der Waals surface area contributed by atoms with Crippen molar-refractivity contribution in [2.24, 2.45) is 0 Å². The lowest BCUT2D eigenvalue weighted by atomic mass is 10.3. The zero-order valence-electron chi connectivity index (χ0n) is 6.00. The molecule has 0 fully saturated rings. The van der Waals surface area contributed by atoms with E-state index in [1.807, 2.05) is 0 Å². The fourth-order valence-corrected chi connectivity index (χ4v) is 1.89. The van der Waals surface area contributed by atoms with Crippen LogP contribution < -0.4 is 0 Å². The molecule has 0 amide bonds. The molecule has 54 valence electrons. The largest absolute Gasteiger partial charge is 0.305 e. The Labute approximate surface area is 60.7 Å². The minimum atomic E-state index is -2.49. The van der Waals surface area contributed by atoms with Gasteiger partial charge < -0.3 is 4.52 Å². The summed E-state index contributed by atoms with van der Waals surface area (Å²) in [6.07, 6.45) is 6.42. The molecule has 3 heteroatoms. The van der Waals surface area contributed by atoms with Crippen LogP contribution >= 0.6 is 7.37 Å². The highest BCUT2D eigenvalue weighted by Crippen LogP contribution is 2.56. The SMILES string of the molecule is C#CC1C=C(C)P(C)(=O)O1. The molecule has 1 aliphatic heterocycles. The van der Waals surface area contributed by atoms with Crippen molar-refractivity contribution in [2.75, 3.05) is 6.66 Å². The van der Waals surface area contributed by atoms with Crippen LogP contribution in [0, 0.1) is 12.3 Å². The maximum Gasteiger partial charge on any atom is 0.226 e. The summed E-state index contributed by atoms with van der Waals surface area (Å²) < 4.78 is 16.4. The molecule has 0 aliphatic carbocycles. The van der Waals surface area contributed by atoms with Gasteiger partial charge in [0, 0.05) is 12.0 Å². The normalized spacial score (nSPS) is 38.9. The maximum atomic E-state index is 11.3. The smallest absolute Gasteiger partial charge is 0.226 e. The van der Waals surface area contributed by atoms with Gasteiger partial charge in [-0.2, -0.15) is 0 Å². The Morgan fingerprint density at radius 3 is 2.70 bits per heavy atom. The van der Waals surface area contributed by atoms with Crippen LogP contribution in [-0.2, 0) is 9.09 Å². The number of rotatable bonds is 0. The quantitative estimate of drug-likeness (QED) is 0.395. The molecule has 1 aliphatic rings. The molecule has 10 heavy (non-hydrogen) atoms. The minimum absolute atomic E-state index is 0.379. The molecule has 0 radical (unpaired) electrons. The van der Waals surface area contributed by atoms with Gasteiger partial charge >= 0.3 is 0 Å². The van der Waals surface area contributed by atoms with Gasteiger partial charge in [-0.25, -0.2) is 0 Å². The molecule has 0 saturated heterocycles. The van der Waals surface area contributed by atoms with Gasteiger partial charge in [0.15, 0.2) is 0 Å². The van der Waals surface area contributed by atoms with E-state index in [0.717, 1.165) is 5.31 Å². The van der Waals surface area contributed by atoms with E-state index in [1.165, 1.54) is 0 Å². The van der Waals surface area contributed by atoms with Crippen LogP contribution in [0.25, 0.3) is 0 Å². The molecular formula is C7H9O2P. The summed E-state index contributed by atoms with van der Waals surface area (Å²) in [5, 5.41) is 0.774. The molecule has 1 rings (SSSR count). The molecule has 0 bridgehead atoms. The summed E-state index contributed by atoms with van der Waals surface area (Å²) in [6.45, 7) is 3.36. The predicted molar refractivity (Wildman–Crippen MR) is 41.0 cm³/mol. The Bertz CT molecular complexity index is 259. The van der Waals surface area contributed by atoms with Gasteiger partial charge in [-0.3, -0.25) is 4.57 Å². The van der Waals surface area contributed by atoms with Gasteiger partial charge in [0.2, 0.25) is 7.37 Å². The third-order valence-electron chi connectivity index (χ3n) is 1.51. The summed E-state index contributed by atoms with van der Waals surface area (Å²) in [5.74, 6) is 2.38. The van der Waals surface area contributed by atoms with Crippen molar-refractivity contribution in [3.05, 3.63) is 11.4 Å². The molecule has 0 saturated carbocycles. The molecule has 0 aromatic carbocycles. The molecule has 0 aromatic heterocycles. The van der Waals surface area contributed by atoms with E-state index < -0.39 is 7.37 Å². The van der Waals surface area contributed by atoms with Crippen LogP contribution in [0.15, 0.2) is 11.4 Å².